The van der Waals surface area contributed by atoms with E-state index in [0.29, 0.717) is 6.61 Å². The van der Waals surface area contributed by atoms with E-state index in [-0.39, 0.29) is 12.1 Å². The first-order valence-electron chi connectivity index (χ1n) is 6.32. The molecule has 0 radical (unpaired) electrons. The van der Waals surface area contributed by atoms with Gasteiger partial charge in [0.25, 0.3) is 0 Å². The van der Waals surface area contributed by atoms with Crippen LogP contribution in [0.4, 0.5) is 0 Å². The zero-order valence-electron chi connectivity index (χ0n) is 10.7. The van der Waals surface area contributed by atoms with Gasteiger partial charge in [-0.3, -0.25) is 0 Å². The van der Waals surface area contributed by atoms with Gasteiger partial charge in [0.15, 0.2) is 0 Å². The molecule has 1 aliphatic heterocycles. The summed E-state index contributed by atoms with van der Waals surface area (Å²) in [4.78, 5) is 11.1. The summed E-state index contributed by atoms with van der Waals surface area (Å²) in [5.41, 5.74) is 1.73. The maximum atomic E-state index is 11.1. The van der Waals surface area contributed by atoms with Crippen molar-refractivity contribution in [2.45, 2.75) is 52.1 Å². The van der Waals surface area contributed by atoms with Crippen LogP contribution in [0, 0.1) is 0 Å². The number of esters is 1. The highest BCUT2D eigenvalue weighted by Gasteiger charge is 2.17. The van der Waals surface area contributed by atoms with Crippen LogP contribution in [0.3, 0.4) is 0 Å². The summed E-state index contributed by atoms with van der Waals surface area (Å²) in [6.45, 7) is 4.05. The van der Waals surface area contributed by atoms with E-state index >= 15 is 0 Å². The SMILES string of the molecule is CC1=C(/C=C/CCCCCC(C)O)COC1=O. The number of aliphatic hydroxyl groups excluding tert-OH is 1. The van der Waals surface area contributed by atoms with E-state index in [4.69, 9.17) is 9.84 Å². The number of ether oxygens (including phenoxy) is 1. The maximum Gasteiger partial charge on any atom is 0.334 e. The predicted octanol–water partition coefficient (Wildman–Crippen LogP) is 2.75. The van der Waals surface area contributed by atoms with Crippen molar-refractivity contribution in [1.29, 1.82) is 0 Å². The van der Waals surface area contributed by atoms with Crippen molar-refractivity contribution in [3.05, 3.63) is 23.3 Å². The molecule has 0 aromatic carbocycles. The van der Waals surface area contributed by atoms with Crippen molar-refractivity contribution in [2.24, 2.45) is 0 Å². The molecule has 0 aliphatic carbocycles. The first-order chi connectivity index (χ1) is 8.11. The number of hydrogen-bond donors (Lipinski definition) is 1. The first-order valence-corrected chi connectivity index (χ1v) is 6.32. The molecule has 1 rings (SSSR count). The Kier molecular flexibility index (Phi) is 5.98. The van der Waals surface area contributed by atoms with E-state index in [1.54, 1.807) is 6.92 Å². The second kappa shape index (κ2) is 7.28. The average molecular weight is 238 g/mol. The standard InChI is InChI=1S/C14H22O3/c1-11(15)8-6-4-3-5-7-9-13-10-17-14(16)12(13)2/h7,9,11,15H,3-6,8,10H2,1-2H3/b9-7+. The Morgan fingerprint density at radius 2 is 2.18 bits per heavy atom. The minimum absolute atomic E-state index is 0.181. The van der Waals surface area contributed by atoms with Crippen LogP contribution in [-0.2, 0) is 9.53 Å². The van der Waals surface area contributed by atoms with Crippen LogP contribution in [0.1, 0.15) is 46.0 Å². The van der Waals surface area contributed by atoms with Gasteiger partial charge in [-0.05, 0) is 38.7 Å². The minimum Gasteiger partial charge on any atom is -0.457 e. The number of unbranched alkanes of at least 4 members (excludes halogenated alkanes) is 3. The van der Waals surface area contributed by atoms with Gasteiger partial charge in [0.05, 0.1) is 6.10 Å². The van der Waals surface area contributed by atoms with E-state index in [1.807, 2.05) is 13.0 Å². The van der Waals surface area contributed by atoms with Gasteiger partial charge in [0, 0.05) is 5.57 Å². The molecule has 0 aromatic heterocycles. The van der Waals surface area contributed by atoms with Crippen molar-refractivity contribution in [3.63, 3.8) is 0 Å². The monoisotopic (exact) mass is 238 g/mol. The number of carbonyl (C=O) groups is 1. The van der Waals surface area contributed by atoms with Crippen molar-refractivity contribution in [1.82, 2.24) is 0 Å². The molecule has 0 bridgehead atoms. The molecule has 0 saturated carbocycles. The lowest BCUT2D eigenvalue weighted by Gasteiger charge is -2.02. The van der Waals surface area contributed by atoms with E-state index < -0.39 is 0 Å². The fourth-order valence-electron chi connectivity index (χ4n) is 1.77. The molecule has 1 unspecified atom stereocenters. The molecule has 1 heterocycles. The van der Waals surface area contributed by atoms with Gasteiger partial charge in [0.1, 0.15) is 6.61 Å². The molecule has 1 atom stereocenters. The topological polar surface area (TPSA) is 46.5 Å². The van der Waals surface area contributed by atoms with Crippen molar-refractivity contribution in [2.75, 3.05) is 6.61 Å². The third kappa shape index (κ3) is 5.18. The molecular formula is C14H22O3. The van der Waals surface area contributed by atoms with Gasteiger partial charge in [-0.2, -0.15) is 0 Å². The zero-order chi connectivity index (χ0) is 12.7. The quantitative estimate of drug-likeness (QED) is 0.548. The van der Waals surface area contributed by atoms with Crippen molar-refractivity contribution in [3.8, 4) is 0 Å². The minimum atomic E-state index is -0.193. The Morgan fingerprint density at radius 3 is 2.76 bits per heavy atom. The highest BCUT2D eigenvalue weighted by atomic mass is 16.5. The molecule has 17 heavy (non-hydrogen) atoms. The molecule has 3 heteroatoms. The Hall–Kier alpha value is -1.09. The summed E-state index contributed by atoms with van der Waals surface area (Å²) in [5.74, 6) is -0.193. The zero-order valence-corrected chi connectivity index (χ0v) is 10.7. The second-order valence-corrected chi connectivity index (χ2v) is 4.62. The maximum absolute atomic E-state index is 11.1. The number of carbonyl (C=O) groups excluding carboxylic acids is 1. The van der Waals surface area contributed by atoms with E-state index in [2.05, 4.69) is 6.08 Å². The van der Waals surface area contributed by atoms with Crippen LogP contribution in [0.25, 0.3) is 0 Å². The molecule has 96 valence electrons. The number of cyclic esters (lactones) is 1. The van der Waals surface area contributed by atoms with E-state index in [9.17, 15) is 4.79 Å². The van der Waals surface area contributed by atoms with E-state index in [0.717, 1.165) is 43.3 Å². The third-order valence-corrected chi connectivity index (χ3v) is 2.96. The van der Waals surface area contributed by atoms with E-state index in [1.165, 1.54) is 0 Å². The van der Waals surface area contributed by atoms with Crippen LogP contribution in [0.5, 0.6) is 0 Å². The molecule has 1 N–H and O–H groups in total. The largest absolute Gasteiger partial charge is 0.457 e. The Morgan fingerprint density at radius 1 is 1.41 bits per heavy atom. The fraction of sp³-hybridized carbons (Fsp3) is 0.643. The Balaban J connectivity index is 2.13. The molecule has 0 spiro atoms. The van der Waals surface area contributed by atoms with Crippen LogP contribution in [0.2, 0.25) is 0 Å². The lowest BCUT2D eigenvalue weighted by Crippen LogP contribution is -1.97. The fourth-order valence-corrected chi connectivity index (χ4v) is 1.77. The number of rotatable bonds is 7. The van der Waals surface area contributed by atoms with Gasteiger partial charge in [-0.15, -0.1) is 0 Å². The number of aliphatic hydroxyl groups is 1. The first kappa shape index (κ1) is 14.0. The lowest BCUT2D eigenvalue weighted by atomic mass is 10.1. The molecular weight excluding hydrogens is 216 g/mol. The molecule has 0 saturated heterocycles. The van der Waals surface area contributed by atoms with Gasteiger partial charge in [-0.25, -0.2) is 4.79 Å². The van der Waals surface area contributed by atoms with Crippen molar-refractivity contribution < 1.29 is 14.6 Å². The second-order valence-electron chi connectivity index (χ2n) is 4.62. The molecule has 0 aromatic rings. The van der Waals surface area contributed by atoms with Crippen LogP contribution < -0.4 is 0 Å². The van der Waals surface area contributed by atoms with Crippen LogP contribution in [0.15, 0.2) is 23.3 Å². The Bertz CT molecular complexity index is 313. The normalized spacial score (nSPS) is 17.9. The highest BCUT2D eigenvalue weighted by molar-refractivity contribution is 5.91. The third-order valence-electron chi connectivity index (χ3n) is 2.96. The summed E-state index contributed by atoms with van der Waals surface area (Å²) in [7, 11) is 0. The summed E-state index contributed by atoms with van der Waals surface area (Å²) < 4.78 is 4.91. The summed E-state index contributed by atoms with van der Waals surface area (Å²) in [6, 6.07) is 0. The van der Waals surface area contributed by atoms with Crippen LogP contribution in [-0.4, -0.2) is 23.8 Å². The average Bonchev–Trinajstić information content (AvgIpc) is 2.59. The molecule has 0 fully saturated rings. The van der Waals surface area contributed by atoms with Gasteiger partial charge in [0.2, 0.25) is 0 Å². The summed E-state index contributed by atoms with van der Waals surface area (Å²) >= 11 is 0. The summed E-state index contributed by atoms with van der Waals surface area (Å²) in [5, 5.41) is 9.09. The molecule has 3 nitrogen and oxygen atoms in total. The predicted molar refractivity (Wildman–Crippen MR) is 67.6 cm³/mol. The number of hydrogen-bond acceptors (Lipinski definition) is 3. The molecule has 1 aliphatic rings. The Labute approximate surface area is 103 Å². The lowest BCUT2D eigenvalue weighted by molar-refractivity contribution is -0.135. The van der Waals surface area contributed by atoms with Gasteiger partial charge < -0.3 is 9.84 Å². The molecule has 0 amide bonds. The van der Waals surface area contributed by atoms with Crippen molar-refractivity contribution >= 4 is 5.97 Å². The highest BCUT2D eigenvalue weighted by Crippen LogP contribution is 2.16. The smallest absolute Gasteiger partial charge is 0.334 e. The van der Waals surface area contributed by atoms with Gasteiger partial charge >= 0.3 is 5.97 Å². The van der Waals surface area contributed by atoms with Crippen LogP contribution >= 0.6 is 0 Å². The number of allylic oxidation sites excluding steroid dienone is 1. The summed E-state index contributed by atoms with van der Waals surface area (Å²) in [6.07, 6.45) is 9.17. The van der Waals surface area contributed by atoms with Gasteiger partial charge in [-0.1, -0.05) is 25.0 Å².